The molecule has 0 aliphatic carbocycles. The van der Waals surface area contributed by atoms with E-state index in [0.717, 1.165) is 4.47 Å². The van der Waals surface area contributed by atoms with Crippen molar-refractivity contribution < 1.29 is 9.13 Å². The van der Waals surface area contributed by atoms with Crippen molar-refractivity contribution in [2.24, 2.45) is 0 Å². The summed E-state index contributed by atoms with van der Waals surface area (Å²) in [6.45, 7) is 0. The number of nitriles is 1. The zero-order valence-electron chi connectivity index (χ0n) is 10.1. The lowest BCUT2D eigenvalue weighted by atomic mass is 10.2. The molecular formula is C14H10BrFN2O. The molecule has 0 saturated carbocycles. The van der Waals surface area contributed by atoms with Gasteiger partial charge >= 0.3 is 0 Å². The van der Waals surface area contributed by atoms with Crippen LogP contribution in [0.1, 0.15) is 5.56 Å². The summed E-state index contributed by atoms with van der Waals surface area (Å²) in [5.74, 6) is 0.168. The highest BCUT2D eigenvalue weighted by Gasteiger charge is 2.06. The average molecular weight is 321 g/mol. The molecule has 0 amide bonds. The molecular weight excluding hydrogens is 311 g/mol. The number of nitrogens with one attached hydrogen (secondary N) is 1. The zero-order valence-corrected chi connectivity index (χ0v) is 11.7. The quantitative estimate of drug-likeness (QED) is 0.921. The monoisotopic (exact) mass is 320 g/mol. The molecule has 0 fully saturated rings. The smallest absolute Gasteiger partial charge is 0.142 e. The first-order valence-corrected chi connectivity index (χ1v) is 6.23. The van der Waals surface area contributed by atoms with Crippen molar-refractivity contribution in [1.29, 1.82) is 5.26 Å². The molecule has 5 heteroatoms. The Morgan fingerprint density at radius 2 is 2.05 bits per heavy atom. The second kappa shape index (κ2) is 5.72. The maximum Gasteiger partial charge on any atom is 0.142 e. The number of nitrogens with zero attached hydrogens (tertiary/aromatic N) is 1. The van der Waals surface area contributed by atoms with Crippen LogP contribution < -0.4 is 10.1 Å². The molecule has 3 nitrogen and oxygen atoms in total. The summed E-state index contributed by atoms with van der Waals surface area (Å²) in [6, 6.07) is 11.4. The predicted octanol–water partition coefficient (Wildman–Crippen LogP) is 4.21. The van der Waals surface area contributed by atoms with Crippen LogP contribution in [-0.4, -0.2) is 7.11 Å². The first-order valence-electron chi connectivity index (χ1n) is 5.43. The highest BCUT2D eigenvalue weighted by molar-refractivity contribution is 9.10. The van der Waals surface area contributed by atoms with Crippen molar-refractivity contribution in [3.63, 3.8) is 0 Å². The Morgan fingerprint density at radius 1 is 1.26 bits per heavy atom. The number of rotatable bonds is 3. The van der Waals surface area contributed by atoms with Crippen LogP contribution in [0.2, 0.25) is 0 Å². The Labute approximate surface area is 118 Å². The number of hydrogen-bond acceptors (Lipinski definition) is 3. The molecule has 0 aromatic heterocycles. The van der Waals surface area contributed by atoms with Crippen molar-refractivity contribution in [2.45, 2.75) is 0 Å². The minimum Gasteiger partial charge on any atom is -0.495 e. The molecule has 1 N–H and O–H groups in total. The number of halogens is 2. The van der Waals surface area contributed by atoms with Crippen molar-refractivity contribution in [3.05, 3.63) is 52.3 Å². The number of ether oxygens (including phenoxy) is 1. The van der Waals surface area contributed by atoms with Gasteiger partial charge in [0.25, 0.3) is 0 Å². The molecule has 0 saturated heterocycles. The van der Waals surface area contributed by atoms with Crippen LogP contribution in [0, 0.1) is 17.1 Å². The van der Waals surface area contributed by atoms with Gasteiger partial charge in [0, 0.05) is 10.2 Å². The Bertz CT molecular complexity index is 652. The summed E-state index contributed by atoms with van der Waals surface area (Å²) in [5, 5.41) is 11.9. The van der Waals surface area contributed by atoms with Gasteiger partial charge in [-0.25, -0.2) is 4.39 Å². The first-order chi connectivity index (χ1) is 9.12. The highest BCUT2D eigenvalue weighted by Crippen LogP contribution is 2.31. The third-order valence-electron chi connectivity index (χ3n) is 2.47. The molecule has 0 aliphatic heterocycles. The van der Waals surface area contributed by atoms with Crippen LogP contribution in [-0.2, 0) is 0 Å². The highest BCUT2D eigenvalue weighted by atomic mass is 79.9. The van der Waals surface area contributed by atoms with Crippen LogP contribution in [0.15, 0.2) is 40.9 Å². The van der Waals surface area contributed by atoms with Gasteiger partial charge in [0.1, 0.15) is 11.6 Å². The van der Waals surface area contributed by atoms with Gasteiger partial charge in [0.05, 0.1) is 24.4 Å². The minimum absolute atomic E-state index is 0.261. The van der Waals surface area contributed by atoms with Crippen molar-refractivity contribution in [1.82, 2.24) is 0 Å². The second-order valence-corrected chi connectivity index (χ2v) is 4.73. The summed E-state index contributed by atoms with van der Waals surface area (Å²) < 4.78 is 19.4. The van der Waals surface area contributed by atoms with E-state index in [1.54, 1.807) is 19.2 Å². The molecule has 2 rings (SSSR count). The molecule has 0 heterocycles. The van der Waals surface area contributed by atoms with Crippen molar-refractivity contribution in [3.8, 4) is 11.8 Å². The van der Waals surface area contributed by atoms with Crippen LogP contribution >= 0.6 is 15.9 Å². The van der Waals surface area contributed by atoms with Gasteiger partial charge in [0.15, 0.2) is 0 Å². The molecule has 96 valence electrons. The molecule has 0 unspecified atom stereocenters. The third-order valence-corrected chi connectivity index (χ3v) is 2.96. The predicted molar refractivity (Wildman–Crippen MR) is 75.1 cm³/mol. The number of methoxy groups -OCH3 is 1. The number of hydrogen-bond donors (Lipinski definition) is 1. The summed E-state index contributed by atoms with van der Waals surface area (Å²) in [4.78, 5) is 0. The van der Waals surface area contributed by atoms with E-state index in [0.29, 0.717) is 17.1 Å². The molecule has 0 radical (unpaired) electrons. The molecule has 2 aromatic rings. The summed E-state index contributed by atoms with van der Waals surface area (Å²) >= 11 is 3.36. The standard InChI is InChI=1S/C14H10BrFN2O/c1-19-14-3-2-10(15)6-13(14)18-12-5-9(8-17)4-11(16)7-12/h2-7,18H,1H3. The van der Waals surface area contributed by atoms with E-state index in [4.69, 9.17) is 10.00 Å². The topological polar surface area (TPSA) is 45.0 Å². The van der Waals surface area contributed by atoms with Gasteiger partial charge in [0.2, 0.25) is 0 Å². The van der Waals surface area contributed by atoms with Gasteiger partial charge in [-0.05, 0) is 36.4 Å². The molecule has 0 bridgehead atoms. The molecule has 0 aliphatic rings. The van der Waals surface area contributed by atoms with E-state index >= 15 is 0 Å². The van der Waals surface area contributed by atoms with E-state index < -0.39 is 5.82 Å². The average Bonchev–Trinajstić information content (AvgIpc) is 2.38. The normalized spacial score (nSPS) is 9.79. The van der Waals surface area contributed by atoms with E-state index in [9.17, 15) is 4.39 Å². The van der Waals surface area contributed by atoms with Crippen LogP contribution in [0.4, 0.5) is 15.8 Å². The van der Waals surface area contributed by atoms with Gasteiger partial charge < -0.3 is 10.1 Å². The minimum atomic E-state index is -0.462. The van der Waals surface area contributed by atoms with E-state index in [2.05, 4.69) is 21.2 Å². The Hall–Kier alpha value is -2.06. The van der Waals surface area contributed by atoms with Crippen LogP contribution in [0.5, 0.6) is 5.75 Å². The van der Waals surface area contributed by atoms with Gasteiger partial charge in [-0.2, -0.15) is 5.26 Å². The lowest BCUT2D eigenvalue weighted by molar-refractivity contribution is 0.416. The second-order valence-electron chi connectivity index (χ2n) is 3.81. The van der Waals surface area contributed by atoms with E-state index in [-0.39, 0.29) is 5.56 Å². The lowest BCUT2D eigenvalue weighted by Gasteiger charge is -2.12. The van der Waals surface area contributed by atoms with Gasteiger partial charge in [-0.3, -0.25) is 0 Å². The van der Waals surface area contributed by atoms with Crippen LogP contribution in [0.3, 0.4) is 0 Å². The summed E-state index contributed by atoms with van der Waals surface area (Å²) in [5.41, 5.74) is 1.44. The van der Waals surface area contributed by atoms with E-state index in [1.807, 2.05) is 18.2 Å². The molecule has 0 spiro atoms. The summed E-state index contributed by atoms with van der Waals surface area (Å²) in [7, 11) is 1.56. The van der Waals surface area contributed by atoms with E-state index in [1.165, 1.54) is 12.1 Å². The Kier molecular flexibility index (Phi) is 4.03. The Balaban J connectivity index is 2.38. The fraction of sp³-hybridized carbons (Fsp3) is 0.0714. The largest absolute Gasteiger partial charge is 0.495 e. The van der Waals surface area contributed by atoms with Crippen molar-refractivity contribution in [2.75, 3.05) is 12.4 Å². The lowest BCUT2D eigenvalue weighted by Crippen LogP contribution is -1.96. The fourth-order valence-electron chi connectivity index (χ4n) is 1.66. The van der Waals surface area contributed by atoms with Crippen LogP contribution in [0.25, 0.3) is 0 Å². The summed E-state index contributed by atoms with van der Waals surface area (Å²) in [6.07, 6.45) is 0. The first kappa shape index (κ1) is 13.4. The van der Waals surface area contributed by atoms with Gasteiger partial charge in [-0.1, -0.05) is 15.9 Å². The molecule has 0 atom stereocenters. The third kappa shape index (κ3) is 3.24. The maximum absolute atomic E-state index is 13.3. The zero-order chi connectivity index (χ0) is 13.8. The number of anilines is 2. The maximum atomic E-state index is 13.3. The Morgan fingerprint density at radius 3 is 2.74 bits per heavy atom. The van der Waals surface area contributed by atoms with Gasteiger partial charge in [-0.15, -0.1) is 0 Å². The molecule has 2 aromatic carbocycles. The number of benzene rings is 2. The fourth-order valence-corrected chi connectivity index (χ4v) is 2.02. The van der Waals surface area contributed by atoms with Crippen molar-refractivity contribution >= 4 is 27.3 Å². The SMILES string of the molecule is COc1ccc(Br)cc1Nc1cc(F)cc(C#N)c1. The molecule has 19 heavy (non-hydrogen) atoms.